The molecule has 0 radical (unpaired) electrons. The summed E-state index contributed by atoms with van der Waals surface area (Å²) < 4.78 is 15.3. The van der Waals surface area contributed by atoms with Crippen LogP contribution >= 0.6 is 0 Å². The summed E-state index contributed by atoms with van der Waals surface area (Å²) in [5.41, 5.74) is 14.9. The molecule has 0 aliphatic heterocycles. The molecule has 4 atom stereocenters. The second-order valence-corrected chi connectivity index (χ2v) is 15.9. The maximum Gasteiger partial charge on any atom is 0.305 e. The smallest absolute Gasteiger partial charge is 0.305 e. The number of unbranched alkanes of at least 4 members (excludes halogenated alkanes) is 7. The summed E-state index contributed by atoms with van der Waals surface area (Å²) in [6.45, 7) is 0.760. The first-order valence-electron chi connectivity index (χ1n) is 20.6. The topological polar surface area (TPSA) is 216 Å². The van der Waals surface area contributed by atoms with Gasteiger partial charge in [0.2, 0.25) is 11.9 Å². The van der Waals surface area contributed by atoms with Crippen molar-refractivity contribution in [2.45, 2.75) is 127 Å². The van der Waals surface area contributed by atoms with Crippen LogP contribution in [0.2, 0.25) is 0 Å². The van der Waals surface area contributed by atoms with E-state index < -0.39 is 0 Å². The molecule has 4 aliphatic carbocycles. The number of esters is 2. The number of nitrogens with one attached hydrogen (secondary N) is 2. The molecule has 0 aromatic carbocycles. The highest BCUT2D eigenvalue weighted by molar-refractivity contribution is 5.85. The molecule has 4 aromatic heterocycles. The summed E-state index contributed by atoms with van der Waals surface area (Å²) in [5.74, 6) is 1.88. The van der Waals surface area contributed by atoms with Crippen LogP contribution in [0.5, 0.6) is 0 Å². The number of hydrogen-bond donors (Lipinski definition) is 4. The molecule has 4 aliphatic rings. The SMILES string of the molecule is Nc1nc(NC2CC2)c2ncn([C@@H]3C=C[C@H](COC(=O)CCCCCCCCCCC(=O)OC[C@H]4C=C[C@@H](n5cnc6c(NC7CC7)nc(N)nc65)C4)C3)c2n1. The summed E-state index contributed by atoms with van der Waals surface area (Å²) in [6, 6.07) is 1.02. The van der Waals surface area contributed by atoms with E-state index in [1.807, 2.05) is 9.13 Å². The first-order valence-corrected chi connectivity index (χ1v) is 20.6. The molecule has 6 N–H and O–H groups in total. The first kappa shape index (κ1) is 37.6. The number of rotatable bonds is 21. The number of nitrogens with two attached hydrogens (primary N) is 2. The van der Waals surface area contributed by atoms with Gasteiger partial charge in [0.1, 0.15) is 0 Å². The monoisotopic (exact) mass is 766 g/mol. The minimum Gasteiger partial charge on any atom is -0.465 e. The van der Waals surface area contributed by atoms with Gasteiger partial charge in [0.25, 0.3) is 0 Å². The molecule has 16 heteroatoms. The van der Waals surface area contributed by atoms with E-state index in [1.54, 1.807) is 12.7 Å². The van der Waals surface area contributed by atoms with Crippen molar-refractivity contribution in [1.29, 1.82) is 0 Å². The van der Waals surface area contributed by atoms with E-state index >= 15 is 0 Å². The highest BCUT2D eigenvalue weighted by Gasteiger charge is 2.29. The van der Waals surface area contributed by atoms with Gasteiger partial charge in [0, 0.05) is 36.8 Å². The normalized spacial score (nSPS) is 21.6. The standard InChI is InChI=1S/C40H54N12O4/c41-39-47-35(45-27-13-14-27)33-37(49-39)51(23-43-33)29-17-11-25(19-29)21-55-31(53)9-7-5-3-1-2-4-6-8-10-32(54)56-22-26-12-18-30(20-26)52-24-44-34-36(46-28-15-16-28)48-40(42)50-38(34)52/h11-12,17-18,23-30H,1-10,13-16,19-22H2,(H3,41,45,47,49)(H3,42,46,48,50)/t25-,26-,29+,30+/m0/s1. The van der Waals surface area contributed by atoms with Crippen LogP contribution in [0.25, 0.3) is 22.3 Å². The van der Waals surface area contributed by atoms with Gasteiger partial charge < -0.3 is 40.7 Å². The molecule has 0 saturated heterocycles. The van der Waals surface area contributed by atoms with E-state index in [2.05, 4.69) is 64.8 Å². The Morgan fingerprint density at radius 2 is 1.02 bits per heavy atom. The second kappa shape index (κ2) is 17.2. The summed E-state index contributed by atoms with van der Waals surface area (Å²) in [6.07, 6.45) is 27.3. The molecular formula is C40H54N12O4. The molecule has 8 rings (SSSR count). The number of carbonyl (C=O) groups is 2. The number of allylic oxidation sites excluding steroid dienone is 2. The number of aromatic nitrogens is 8. The molecular weight excluding hydrogens is 713 g/mol. The molecule has 0 unspecified atom stereocenters. The average Bonchev–Trinajstić information content (AvgIpc) is 3.91. The first-order chi connectivity index (χ1) is 27.4. The van der Waals surface area contributed by atoms with E-state index in [1.165, 1.54) is 0 Å². The predicted octanol–water partition coefficient (Wildman–Crippen LogP) is 6.20. The van der Waals surface area contributed by atoms with Gasteiger partial charge in [-0.3, -0.25) is 9.59 Å². The van der Waals surface area contributed by atoms with Gasteiger partial charge in [-0.25, -0.2) is 9.97 Å². The zero-order chi connectivity index (χ0) is 38.4. The van der Waals surface area contributed by atoms with E-state index in [0.29, 0.717) is 49.8 Å². The Hall–Kier alpha value is -5.28. The number of imidazole rings is 2. The van der Waals surface area contributed by atoms with E-state index in [-0.39, 0.29) is 47.8 Å². The zero-order valence-corrected chi connectivity index (χ0v) is 32.0. The number of hydrogen-bond acceptors (Lipinski definition) is 14. The third-order valence-corrected chi connectivity index (χ3v) is 11.2. The fourth-order valence-electron chi connectivity index (χ4n) is 7.70. The second-order valence-electron chi connectivity index (χ2n) is 15.9. The quantitative estimate of drug-likeness (QED) is 0.0422. The van der Waals surface area contributed by atoms with Gasteiger partial charge in [-0.2, -0.15) is 19.9 Å². The van der Waals surface area contributed by atoms with Crippen LogP contribution in [0.1, 0.15) is 115 Å². The molecule has 4 aromatic rings. The molecule has 2 fully saturated rings. The van der Waals surface area contributed by atoms with E-state index in [9.17, 15) is 9.59 Å². The number of anilines is 4. The minimum atomic E-state index is -0.135. The van der Waals surface area contributed by atoms with Gasteiger partial charge in [0.05, 0.1) is 38.0 Å². The molecule has 298 valence electrons. The molecule has 0 amide bonds. The third-order valence-electron chi connectivity index (χ3n) is 11.2. The van der Waals surface area contributed by atoms with Crippen molar-refractivity contribution < 1.29 is 19.1 Å². The molecule has 0 bridgehead atoms. The van der Waals surface area contributed by atoms with Crippen molar-refractivity contribution in [3.63, 3.8) is 0 Å². The van der Waals surface area contributed by atoms with Crippen molar-refractivity contribution >= 4 is 57.8 Å². The highest BCUT2D eigenvalue weighted by Crippen LogP contribution is 2.35. The summed E-state index contributed by atoms with van der Waals surface area (Å²) in [7, 11) is 0. The van der Waals surface area contributed by atoms with E-state index in [4.69, 9.17) is 20.9 Å². The lowest BCUT2D eigenvalue weighted by Crippen LogP contribution is -2.14. The van der Waals surface area contributed by atoms with Crippen molar-refractivity contribution in [2.75, 3.05) is 35.3 Å². The van der Waals surface area contributed by atoms with Crippen LogP contribution in [-0.2, 0) is 19.1 Å². The Kier molecular flexibility index (Phi) is 11.6. The van der Waals surface area contributed by atoms with E-state index in [0.717, 1.165) is 112 Å². The predicted molar refractivity (Wildman–Crippen MR) is 213 cm³/mol. The average molecular weight is 767 g/mol. The van der Waals surface area contributed by atoms with Crippen molar-refractivity contribution in [3.05, 3.63) is 37.0 Å². The summed E-state index contributed by atoms with van der Waals surface area (Å²) >= 11 is 0. The highest BCUT2D eigenvalue weighted by atomic mass is 16.5. The largest absolute Gasteiger partial charge is 0.465 e. The maximum atomic E-state index is 12.4. The summed E-state index contributed by atoms with van der Waals surface area (Å²) in [5, 5.41) is 6.81. The zero-order valence-electron chi connectivity index (χ0n) is 32.0. The van der Waals surface area contributed by atoms with Crippen LogP contribution in [0.3, 0.4) is 0 Å². The van der Waals surface area contributed by atoms with Crippen molar-refractivity contribution in [1.82, 2.24) is 39.0 Å². The Morgan fingerprint density at radius 1 is 0.607 bits per heavy atom. The van der Waals surface area contributed by atoms with Gasteiger partial charge in [-0.15, -0.1) is 0 Å². The molecule has 56 heavy (non-hydrogen) atoms. The lowest BCUT2D eigenvalue weighted by molar-refractivity contribution is -0.145. The maximum absolute atomic E-state index is 12.4. The number of carbonyl (C=O) groups excluding carboxylic acids is 2. The Balaban J connectivity index is 0.634. The van der Waals surface area contributed by atoms with Crippen LogP contribution in [-0.4, -0.2) is 76.3 Å². The van der Waals surface area contributed by atoms with Gasteiger partial charge in [0.15, 0.2) is 34.0 Å². The third kappa shape index (κ3) is 9.56. The van der Waals surface area contributed by atoms with Crippen LogP contribution in [0.15, 0.2) is 37.0 Å². The van der Waals surface area contributed by atoms with Gasteiger partial charge in [-0.1, -0.05) is 62.8 Å². The number of ether oxygens (including phenoxy) is 2. The summed E-state index contributed by atoms with van der Waals surface area (Å²) in [4.78, 5) is 51.7. The fraction of sp³-hybridized carbons (Fsp3) is 0.600. The molecule has 16 nitrogen and oxygen atoms in total. The lowest BCUT2D eigenvalue weighted by atomic mass is 10.1. The van der Waals surface area contributed by atoms with Gasteiger partial charge >= 0.3 is 11.9 Å². The van der Waals surface area contributed by atoms with Gasteiger partial charge in [-0.05, 0) is 51.4 Å². The Bertz CT molecular complexity index is 1920. The number of nitrogen functional groups attached to an aromatic ring is 2. The number of fused-ring (bicyclic) bond motifs is 2. The van der Waals surface area contributed by atoms with Crippen molar-refractivity contribution in [2.24, 2.45) is 11.8 Å². The number of nitrogens with zero attached hydrogens (tertiary/aromatic N) is 8. The fourth-order valence-corrected chi connectivity index (χ4v) is 7.70. The van der Waals surface area contributed by atoms with Crippen LogP contribution in [0, 0.1) is 11.8 Å². The van der Waals surface area contributed by atoms with Crippen molar-refractivity contribution in [3.8, 4) is 0 Å². The van der Waals surface area contributed by atoms with Crippen LogP contribution < -0.4 is 22.1 Å². The molecule has 0 spiro atoms. The molecule has 4 heterocycles. The van der Waals surface area contributed by atoms with Crippen LogP contribution in [0.4, 0.5) is 23.5 Å². The molecule has 2 saturated carbocycles. The Morgan fingerprint density at radius 3 is 1.43 bits per heavy atom. The lowest BCUT2D eigenvalue weighted by Gasteiger charge is -2.15. The Labute approximate surface area is 326 Å². The minimum absolute atomic E-state index is 0.0750.